The van der Waals surface area contributed by atoms with Crippen molar-refractivity contribution in [3.63, 3.8) is 0 Å². The van der Waals surface area contributed by atoms with Crippen molar-refractivity contribution in [2.24, 2.45) is 7.05 Å². The van der Waals surface area contributed by atoms with E-state index in [0.717, 1.165) is 5.56 Å². The SMILES string of the molecule is Cn1c(SCC(=O)c2ccc(F)cc2)nnc1-c1ccc(N)cc1. The van der Waals surface area contributed by atoms with Gasteiger partial charge in [0, 0.05) is 23.9 Å². The van der Waals surface area contributed by atoms with Crippen molar-refractivity contribution in [3.8, 4) is 11.4 Å². The number of hydrogen-bond donors (Lipinski definition) is 1. The maximum absolute atomic E-state index is 12.9. The Morgan fingerprint density at radius 1 is 1.12 bits per heavy atom. The van der Waals surface area contributed by atoms with Crippen LogP contribution in [0, 0.1) is 5.82 Å². The summed E-state index contributed by atoms with van der Waals surface area (Å²) in [6.07, 6.45) is 0. The minimum Gasteiger partial charge on any atom is -0.399 e. The molecule has 0 atom stereocenters. The van der Waals surface area contributed by atoms with Crippen molar-refractivity contribution in [1.29, 1.82) is 0 Å². The number of hydrogen-bond acceptors (Lipinski definition) is 5. The molecule has 5 nitrogen and oxygen atoms in total. The fourth-order valence-electron chi connectivity index (χ4n) is 2.17. The van der Waals surface area contributed by atoms with Crippen molar-refractivity contribution in [1.82, 2.24) is 14.8 Å². The van der Waals surface area contributed by atoms with Crippen LogP contribution in [-0.4, -0.2) is 26.3 Å². The molecule has 0 aliphatic heterocycles. The van der Waals surface area contributed by atoms with E-state index in [0.29, 0.717) is 22.2 Å². The molecule has 0 saturated heterocycles. The normalized spacial score (nSPS) is 10.8. The number of carbonyl (C=O) groups excluding carboxylic acids is 1. The topological polar surface area (TPSA) is 73.8 Å². The third-order valence-electron chi connectivity index (χ3n) is 3.50. The molecule has 2 N–H and O–H groups in total. The Morgan fingerprint density at radius 2 is 1.79 bits per heavy atom. The van der Waals surface area contributed by atoms with Gasteiger partial charge in [0.25, 0.3) is 0 Å². The molecule has 24 heavy (non-hydrogen) atoms. The van der Waals surface area contributed by atoms with E-state index in [4.69, 9.17) is 5.73 Å². The van der Waals surface area contributed by atoms with Gasteiger partial charge in [-0.1, -0.05) is 11.8 Å². The Hall–Kier alpha value is -2.67. The van der Waals surface area contributed by atoms with E-state index >= 15 is 0 Å². The number of halogens is 1. The molecule has 3 aromatic rings. The van der Waals surface area contributed by atoms with Crippen LogP contribution in [0.2, 0.25) is 0 Å². The Balaban J connectivity index is 1.71. The van der Waals surface area contributed by atoms with E-state index in [1.54, 1.807) is 12.1 Å². The van der Waals surface area contributed by atoms with E-state index in [2.05, 4.69) is 10.2 Å². The molecule has 1 heterocycles. The molecule has 0 aliphatic carbocycles. The number of thioether (sulfide) groups is 1. The van der Waals surface area contributed by atoms with Gasteiger partial charge < -0.3 is 10.3 Å². The van der Waals surface area contributed by atoms with Gasteiger partial charge in [0.15, 0.2) is 16.8 Å². The predicted octanol–water partition coefficient (Wildman–Crippen LogP) is 3.18. The Labute approximate surface area is 142 Å². The number of carbonyl (C=O) groups is 1. The van der Waals surface area contributed by atoms with E-state index in [1.165, 1.54) is 36.0 Å². The Morgan fingerprint density at radius 3 is 2.46 bits per heavy atom. The minimum absolute atomic E-state index is 0.0861. The van der Waals surface area contributed by atoms with Crippen LogP contribution in [0.1, 0.15) is 10.4 Å². The lowest BCUT2D eigenvalue weighted by Crippen LogP contribution is -2.04. The molecule has 0 bridgehead atoms. The maximum Gasteiger partial charge on any atom is 0.191 e. The van der Waals surface area contributed by atoms with Gasteiger partial charge in [-0.15, -0.1) is 10.2 Å². The molecule has 0 fully saturated rings. The molecule has 122 valence electrons. The van der Waals surface area contributed by atoms with Crippen LogP contribution in [0.3, 0.4) is 0 Å². The number of ketones is 1. The second-order valence-electron chi connectivity index (χ2n) is 5.21. The first-order chi connectivity index (χ1) is 11.5. The number of nitrogens with zero attached hydrogens (tertiary/aromatic N) is 3. The molecule has 3 rings (SSSR count). The number of rotatable bonds is 5. The standard InChI is InChI=1S/C17H15FN4OS/c1-22-16(12-4-8-14(19)9-5-12)20-21-17(22)24-10-15(23)11-2-6-13(18)7-3-11/h2-9H,10,19H2,1H3. The van der Waals surface area contributed by atoms with Crippen LogP contribution in [0.5, 0.6) is 0 Å². The lowest BCUT2D eigenvalue weighted by molar-refractivity contribution is 0.102. The number of nitrogen functional groups attached to an aromatic ring is 1. The summed E-state index contributed by atoms with van der Waals surface area (Å²) in [7, 11) is 1.84. The lowest BCUT2D eigenvalue weighted by atomic mass is 10.1. The van der Waals surface area contributed by atoms with Gasteiger partial charge in [-0.25, -0.2) is 4.39 Å². The van der Waals surface area contributed by atoms with E-state index < -0.39 is 0 Å². The van der Waals surface area contributed by atoms with Crippen LogP contribution in [0.15, 0.2) is 53.7 Å². The first-order valence-corrected chi connectivity index (χ1v) is 8.20. The Kier molecular flexibility index (Phi) is 4.61. The molecule has 0 aliphatic rings. The molecule has 0 amide bonds. The van der Waals surface area contributed by atoms with E-state index in [9.17, 15) is 9.18 Å². The highest BCUT2D eigenvalue weighted by Gasteiger charge is 2.13. The van der Waals surface area contributed by atoms with Gasteiger partial charge in [-0.2, -0.15) is 0 Å². The fraction of sp³-hybridized carbons (Fsp3) is 0.118. The highest BCUT2D eigenvalue weighted by molar-refractivity contribution is 7.99. The maximum atomic E-state index is 12.9. The summed E-state index contributed by atoms with van der Waals surface area (Å²) in [5.41, 5.74) is 7.74. The average Bonchev–Trinajstić information content (AvgIpc) is 2.95. The van der Waals surface area contributed by atoms with Crippen molar-refractivity contribution < 1.29 is 9.18 Å². The van der Waals surface area contributed by atoms with E-state index in [-0.39, 0.29) is 17.4 Å². The molecule has 2 aromatic carbocycles. The van der Waals surface area contributed by atoms with E-state index in [1.807, 2.05) is 23.7 Å². The van der Waals surface area contributed by atoms with Crippen molar-refractivity contribution in [3.05, 3.63) is 59.9 Å². The summed E-state index contributed by atoms with van der Waals surface area (Å²) in [5, 5.41) is 8.93. The number of aromatic nitrogens is 3. The first-order valence-electron chi connectivity index (χ1n) is 7.21. The van der Waals surface area contributed by atoms with Gasteiger partial charge in [0.05, 0.1) is 5.75 Å². The first kappa shape index (κ1) is 16.2. The quantitative estimate of drug-likeness (QED) is 0.438. The van der Waals surface area contributed by atoms with Gasteiger partial charge in [-0.05, 0) is 48.5 Å². The molecular formula is C17H15FN4OS. The zero-order valence-corrected chi connectivity index (χ0v) is 13.8. The molecule has 1 aromatic heterocycles. The van der Waals surface area contributed by atoms with Crippen molar-refractivity contribution in [2.45, 2.75) is 5.16 Å². The zero-order valence-electron chi connectivity index (χ0n) is 12.9. The van der Waals surface area contributed by atoms with Gasteiger partial charge in [-0.3, -0.25) is 4.79 Å². The molecule has 0 spiro atoms. The van der Waals surface area contributed by atoms with Gasteiger partial charge in [0.2, 0.25) is 0 Å². The summed E-state index contributed by atoms with van der Waals surface area (Å²) < 4.78 is 14.7. The molecule has 0 radical (unpaired) electrons. The van der Waals surface area contributed by atoms with Crippen LogP contribution in [0.25, 0.3) is 11.4 Å². The van der Waals surface area contributed by atoms with Gasteiger partial charge >= 0.3 is 0 Å². The molecule has 0 saturated carbocycles. The van der Waals surface area contributed by atoms with Crippen LogP contribution < -0.4 is 5.73 Å². The minimum atomic E-state index is -0.361. The summed E-state index contributed by atoms with van der Waals surface area (Å²) in [6, 6.07) is 12.9. The monoisotopic (exact) mass is 342 g/mol. The Bertz CT molecular complexity index is 859. The second kappa shape index (κ2) is 6.84. The summed E-state index contributed by atoms with van der Waals surface area (Å²) >= 11 is 1.29. The smallest absolute Gasteiger partial charge is 0.191 e. The van der Waals surface area contributed by atoms with Crippen LogP contribution >= 0.6 is 11.8 Å². The average molecular weight is 342 g/mol. The summed E-state index contributed by atoms with van der Waals surface area (Å²) in [4.78, 5) is 12.1. The highest BCUT2D eigenvalue weighted by Crippen LogP contribution is 2.24. The van der Waals surface area contributed by atoms with Crippen LogP contribution in [-0.2, 0) is 7.05 Å². The summed E-state index contributed by atoms with van der Waals surface area (Å²) in [5.74, 6) is 0.462. The van der Waals surface area contributed by atoms with Crippen LogP contribution in [0.4, 0.5) is 10.1 Å². The molecular weight excluding hydrogens is 327 g/mol. The number of benzene rings is 2. The number of anilines is 1. The summed E-state index contributed by atoms with van der Waals surface area (Å²) in [6.45, 7) is 0. The second-order valence-corrected chi connectivity index (χ2v) is 6.15. The largest absolute Gasteiger partial charge is 0.399 e. The highest BCUT2D eigenvalue weighted by atomic mass is 32.2. The van der Waals surface area contributed by atoms with Gasteiger partial charge in [0.1, 0.15) is 5.82 Å². The molecule has 0 unspecified atom stereocenters. The predicted molar refractivity (Wildman–Crippen MR) is 92.3 cm³/mol. The van der Waals surface area contributed by atoms with Crippen molar-refractivity contribution >= 4 is 23.2 Å². The third-order valence-corrected chi connectivity index (χ3v) is 4.52. The fourth-order valence-corrected chi connectivity index (χ4v) is 2.98. The lowest BCUT2D eigenvalue weighted by Gasteiger charge is -2.04. The number of Topliss-reactive ketones (excluding diaryl/α,β-unsaturated/α-hetero) is 1. The molecule has 7 heteroatoms. The zero-order chi connectivity index (χ0) is 17.1. The third kappa shape index (κ3) is 3.46. The number of nitrogens with two attached hydrogens (primary N) is 1. The van der Waals surface area contributed by atoms with Crippen molar-refractivity contribution in [2.75, 3.05) is 11.5 Å².